The first-order chi connectivity index (χ1) is 9.65. The van der Waals surface area contributed by atoms with Crippen LogP contribution in [0.3, 0.4) is 0 Å². The van der Waals surface area contributed by atoms with Gasteiger partial charge in [0.15, 0.2) is 0 Å². The van der Waals surface area contributed by atoms with Gasteiger partial charge in [-0.3, -0.25) is 4.90 Å². The molecular weight excluding hydrogens is 246 g/mol. The van der Waals surface area contributed by atoms with E-state index in [4.69, 9.17) is 0 Å². The Morgan fingerprint density at radius 1 is 1.25 bits per heavy atom. The predicted octanol–water partition coefficient (Wildman–Crippen LogP) is 4.08. The first-order valence-corrected chi connectivity index (χ1v) is 8.22. The minimum atomic E-state index is 0.431. The number of piperidine rings is 1. The maximum atomic E-state index is 9.75. The molecule has 2 aliphatic rings. The third-order valence-corrected chi connectivity index (χ3v) is 5.22. The number of likely N-dealkylation sites (tertiary alicyclic amines) is 1. The highest BCUT2D eigenvalue weighted by atomic mass is 16.3. The summed E-state index contributed by atoms with van der Waals surface area (Å²) in [5, 5.41) is 9.75. The van der Waals surface area contributed by atoms with E-state index in [0.29, 0.717) is 17.7 Å². The second-order valence-corrected chi connectivity index (χ2v) is 6.84. The van der Waals surface area contributed by atoms with Crippen LogP contribution in [0.25, 0.3) is 0 Å². The van der Waals surface area contributed by atoms with Gasteiger partial charge in [-0.05, 0) is 81.7 Å². The van der Waals surface area contributed by atoms with Crippen molar-refractivity contribution in [1.29, 1.82) is 0 Å². The lowest BCUT2D eigenvalue weighted by Crippen LogP contribution is -2.44. The van der Waals surface area contributed by atoms with Gasteiger partial charge in [-0.15, -0.1) is 0 Å². The Hall–Kier alpha value is -1.02. The van der Waals surface area contributed by atoms with Gasteiger partial charge in [-0.1, -0.05) is 12.5 Å². The highest BCUT2D eigenvalue weighted by molar-refractivity contribution is 5.40. The van der Waals surface area contributed by atoms with Crippen molar-refractivity contribution in [1.82, 2.24) is 4.90 Å². The molecule has 3 rings (SSSR count). The second kappa shape index (κ2) is 5.77. The van der Waals surface area contributed by atoms with Gasteiger partial charge in [0.2, 0.25) is 0 Å². The standard InChI is InChI=1S/C18H27NO/c1-13(2)19-10-4-3-5-16(19)11-15-7-6-14-8-9-17(20)12-18(14)15/h8-9,12-13,15-16,20H,3-7,10-11H2,1-2H3/t15?,16-/m1/s1. The Morgan fingerprint density at radius 3 is 2.90 bits per heavy atom. The summed E-state index contributed by atoms with van der Waals surface area (Å²) >= 11 is 0. The van der Waals surface area contributed by atoms with Crippen LogP contribution in [-0.4, -0.2) is 28.6 Å². The molecule has 1 fully saturated rings. The number of hydrogen-bond acceptors (Lipinski definition) is 2. The summed E-state index contributed by atoms with van der Waals surface area (Å²) in [7, 11) is 0. The Bertz CT molecular complexity index is 468. The molecule has 0 radical (unpaired) electrons. The highest BCUT2D eigenvalue weighted by Crippen LogP contribution is 2.40. The van der Waals surface area contributed by atoms with Gasteiger partial charge < -0.3 is 5.11 Å². The van der Waals surface area contributed by atoms with Gasteiger partial charge in [0, 0.05) is 12.1 Å². The van der Waals surface area contributed by atoms with Crippen molar-refractivity contribution in [3.05, 3.63) is 29.3 Å². The number of phenols is 1. The van der Waals surface area contributed by atoms with Gasteiger partial charge in [0.25, 0.3) is 0 Å². The van der Waals surface area contributed by atoms with E-state index in [1.165, 1.54) is 56.2 Å². The minimum Gasteiger partial charge on any atom is -0.508 e. The zero-order chi connectivity index (χ0) is 14.1. The molecule has 1 unspecified atom stereocenters. The molecule has 1 aromatic rings. The fraction of sp³-hybridized carbons (Fsp3) is 0.667. The van der Waals surface area contributed by atoms with Crippen LogP contribution >= 0.6 is 0 Å². The van der Waals surface area contributed by atoms with E-state index in [1.807, 2.05) is 12.1 Å². The summed E-state index contributed by atoms with van der Waals surface area (Å²) in [5.74, 6) is 1.08. The van der Waals surface area contributed by atoms with Crippen LogP contribution in [0.15, 0.2) is 18.2 Å². The van der Waals surface area contributed by atoms with Crippen LogP contribution < -0.4 is 0 Å². The van der Waals surface area contributed by atoms with Crippen LogP contribution in [0.4, 0.5) is 0 Å². The molecule has 0 bridgehead atoms. The van der Waals surface area contributed by atoms with Crippen LogP contribution in [0.2, 0.25) is 0 Å². The Kier molecular flexibility index (Phi) is 4.02. The lowest BCUT2D eigenvalue weighted by atomic mass is 9.88. The van der Waals surface area contributed by atoms with Crippen molar-refractivity contribution in [2.75, 3.05) is 6.54 Å². The van der Waals surface area contributed by atoms with E-state index < -0.39 is 0 Å². The Morgan fingerprint density at radius 2 is 2.10 bits per heavy atom. The molecule has 20 heavy (non-hydrogen) atoms. The smallest absolute Gasteiger partial charge is 0.115 e. The van der Waals surface area contributed by atoms with Gasteiger partial charge >= 0.3 is 0 Å². The zero-order valence-corrected chi connectivity index (χ0v) is 12.8. The van der Waals surface area contributed by atoms with E-state index in [-0.39, 0.29) is 0 Å². The molecule has 1 N–H and O–H groups in total. The van der Waals surface area contributed by atoms with Crippen LogP contribution in [0.1, 0.15) is 63.0 Å². The number of nitrogens with zero attached hydrogens (tertiary/aromatic N) is 1. The second-order valence-electron chi connectivity index (χ2n) is 6.84. The van der Waals surface area contributed by atoms with Crippen molar-refractivity contribution in [2.45, 2.75) is 70.4 Å². The summed E-state index contributed by atoms with van der Waals surface area (Å²) in [6.45, 7) is 5.92. The summed E-state index contributed by atoms with van der Waals surface area (Å²) in [4.78, 5) is 2.70. The molecule has 1 aromatic carbocycles. The number of hydrogen-bond donors (Lipinski definition) is 1. The van der Waals surface area contributed by atoms with Crippen LogP contribution in [0, 0.1) is 0 Å². The van der Waals surface area contributed by atoms with Crippen LogP contribution in [-0.2, 0) is 6.42 Å². The topological polar surface area (TPSA) is 23.5 Å². The molecule has 1 aliphatic heterocycles. The molecule has 1 heterocycles. The number of phenolic OH excluding ortho intramolecular Hbond substituents is 1. The SMILES string of the molecule is CC(C)N1CCCC[C@@H]1CC1CCc2ccc(O)cc21. The lowest BCUT2D eigenvalue weighted by Gasteiger charge is -2.40. The molecule has 0 spiro atoms. The third kappa shape index (κ3) is 2.71. The lowest BCUT2D eigenvalue weighted by molar-refractivity contribution is 0.0999. The number of fused-ring (bicyclic) bond motifs is 1. The molecule has 2 heteroatoms. The summed E-state index contributed by atoms with van der Waals surface area (Å²) in [6.07, 6.45) is 7.82. The molecule has 0 aromatic heterocycles. The van der Waals surface area contributed by atoms with Crippen molar-refractivity contribution < 1.29 is 5.11 Å². The van der Waals surface area contributed by atoms with E-state index in [1.54, 1.807) is 0 Å². The van der Waals surface area contributed by atoms with Crippen molar-refractivity contribution in [3.8, 4) is 5.75 Å². The average molecular weight is 273 g/mol. The molecule has 1 saturated heterocycles. The molecule has 110 valence electrons. The molecule has 2 nitrogen and oxygen atoms in total. The minimum absolute atomic E-state index is 0.431. The van der Waals surface area contributed by atoms with Gasteiger partial charge in [0.1, 0.15) is 5.75 Å². The Labute approximate surface area is 122 Å². The fourth-order valence-electron chi connectivity index (χ4n) is 4.20. The Balaban J connectivity index is 1.74. The van der Waals surface area contributed by atoms with Crippen molar-refractivity contribution in [3.63, 3.8) is 0 Å². The first kappa shape index (κ1) is 13.9. The zero-order valence-electron chi connectivity index (χ0n) is 12.8. The fourth-order valence-corrected chi connectivity index (χ4v) is 4.20. The molecule has 2 atom stereocenters. The molecule has 1 aliphatic carbocycles. The van der Waals surface area contributed by atoms with E-state index in [0.717, 1.165) is 6.04 Å². The van der Waals surface area contributed by atoms with Gasteiger partial charge in [-0.2, -0.15) is 0 Å². The van der Waals surface area contributed by atoms with Crippen molar-refractivity contribution in [2.24, 2.45) is 0 Å². The van der Waals surface area contributed by atoms with Gasteiger partial charge in [0.05, 0.1) is 0 Å². The van der Waals surface area contributed by atoms with Crippen LogP contribution in [0.5, 0.6) is 5.75 Å². The number of aromatic hydroxyl groups is 1. The summed E-state index contributed by atoms with van der Waals surface area (Å²) < 4.78 is 0. The van der Waals surface area contributed by atoms with E-state index in [9.17, 15) is 5.11 Å². The molecule has 0 amide bonds. The maximum Gasteiger partial charge on any atom is 0.115 e. The monoisotopic (exact) mass is 273 g/mol. The van der Waals surface area contributed by atoms with E-state index >= 15 is 0 Å². The number of aryl methyl sites for hydroxylation is 1. The highest BCUT2D eigenvalue weighted by Gasteiger charge is 2.30. The van der Waals surface area contributed by atoms with Gasteiger partial charge in [-0.25, -0.2) is 0 Å². The average Bonchev–Trinajstić information content (AvgIpc) is 2.82. The molecule has 0 saturated carbocycles. The normalized spacial score (nSPS) is 26.9. The predicted molar refractivity (Wildman–Crippen MR) is 83.3 cm³/mol. The quantitative estimate of drug-likeness (QED) is 0.897. The summed E-state index contributed by atoms with van der Waals surface area (Å²) in [5.41, 5.74) is 2.87. The third-order valence-electron chi connectivity index (χ3n) is 5.22. The first-order valence-electron chi connectivity index (χ1n) is 8.22. The van der Waals surface area contributed by atoms with E-state index in [2.05, 4.69) is 24.8 Å². The summed E-state index contributed by atoms with van der Waals surface area (Å²) in [6, 6.07) is 7.36. The number of benzene rings is 1. The molecular formula is C18H27NO. The number of rotatable bonds is 3. The maximum absolute atomic E-state index is 9.75. The van der Waals surface area contributed by atoms with Crippen molar-refractivity contribution >= 4 is 0 Å². The largest absolute Gasteiger partial charge is 0.508 e.